The molecule has 0 bridgehead atoms. The van der Waals surface area contributed by atoms with Crippen LogP contribution in [0, 0.1) is 5.41 Å². The molecule has 0 saturated heterocycles. The Morgan fingerprint density at radius 3 is 2.39 bits per heavy atom. The minimum Gasteiger partial charge on any atom is -0.192 e. The average molecular weight is 375 g/mol. The van der Waals surface area contributed by atoms with E-state index in [-0.39, 0.29) is 11.0 Å². The number of allylic oxidation sites excluding steroid dienone is 2. The van der Waals surface area contributed by atoms with Gasteiger partial charge in [-0.1, -0.05) is 58.4 Å². The number of nitrogens with zero attached hydrogens (tertiary/aromatic N) is 1. The van der Waals surface area contributed by atoms with Crippen LogP contribution in [0.3, 0.4) is 0 Å². The maximum absolute atomic E-state index is 2.68. The molecule has 0 amide bonds. The standard InChI is InChI=1S/C27H36N/c1-6-10-13-20-16-17-28-24(18-20)23-19-21-14-11-12-15-22(21)25(23)26(5,7-2)27(28,8-3)9-4/h11-12,14-18H,6-10,13,19H2,1-5H3/q+1. The highest BCUT2D eigenvalue weighted by Crippen LogP contribution is 2.59. The van der Waals surface area contributed by atoms with Crippen LogP contribution in [0.2, 0.25) is 0 Å². The summed E-state index contributed by atoms with van der Waals surface area (Å²) >= 11 is 0. The first kappa shape index (κ1) is 19.4. The Morgan fingerprint density at radius 1 is 0.964 bits per heavy atom. The van der Waals surface area contributed by atoms with Gasteiger partial charge in [-0.3, -0.25) is 0 Å². The lowest BCUT2D eigenvalue weighted by Gasteiger charge is -2.48. The van der Waals surface area contributed by atoms with Crippen molar-refractivity contribution in [1.82, 2.24) is 0 Å². The zero-order valence-electron chi connectivity index (χ0n) is 18.4. The van der Waals surface area contributed by atoms with Crippen molar-refractivity contribution in [3.05, 3.63) is 65.0 Å². The van der Waals surface area contributed by atoms with E-state index in [9.17, 15) is 0 Å². The highest BCUT2D eigenvalue weighted by molar-refractivity contribution is 5.98. The molecule has 1 aromatic carbocycles. The van der Waals surface area contributed by atoms with E-state index in [0.29, 0.717) is 0 Å². The van der Waals surface area contributed by atoms with E-state index in [2.05, 4.69) is 81.8 Å². The van der Waals surface area contributed by atoms with Gasteiger partial charge < -0.3 is 0 Å². The second-order valence-electron chi connectivity index (χ2n) is 9.01. The number of fused-ring (bicyclic) bond motifs is 4. The van der Waals surface area contributed by atoms with Gasteiger partial charge in [0.05, 0.1) is 5.41 Å². The molecule has 1 atom stereocenters. The van der Waals surface area contributed by atoms with E-state index in [1.807, 2.05) is 0 Å². The van der Waals surface area contributed by atoms with Crippen molar-refractivity contribution in [3.63, 3.8) is 0 Å². The fourth-order valence-corrected chi connectivity index (χ4v) is 6.27. The van der Waals surface area contributed by atoms with Crippen molar-refractivity contribution in [1.29, 1.82) is 0 Å². The van der Waals surface area contributed by atoms with Crippen molar-refractivity contribution >= 4 is 11.1 Å². The third-order valence-electron chi connectivity index (χ3n) is 8.02. The van der Waals surface area contributed by atoms with E-state index in [1.165, 1.54) is 60.9 Å². The van der Waals surface area contributed by atoms with Crippen LogP contribution in [-0.4, -0.2) is 0 Å². The molecule has 2 aromatic rings. The van der Waals surface area contributed by atoms with Gasteiger partial charge in [0.2, 0.25) is 5.69 Å². The number of aromatic nitrogens is 1. The first-order valence-corrected chi connectivity index (χ1v) is 11.4. The summed E-state index contributed by atoms with van der Waals surface area (Å²) in [5.41, 5.74) is 9.52. The number of hydrogen-bond donors (Lipinski definition) is 0. The van der Waals surface area contributed by atoms with Gasteiger partial charge in [-0.25, -0.2) is 0 Å². The highest BCUT2D eigenvalue weighted by Gasteiger charge is 2.60. The van der Waals surface area contributed by atoms with Crippen molar-refractivity contribution in [2.45, 2.75) is 85.1 Å². The number of hydrogen-bond acceptors (Lipinski definition) is 0. The molecule has 1 heteroatoms. The lowest BCUT2D eigenvalue weighted by atomic mass is 9.58. The lowest BCUT2D eigenvalue weighted by Crippen LogP contribution is -2.67. The molecule has 0 spiro atoms. The van der Waals surface area contributed by atoms with Crippen LogP contribution in [-0.2, 0) is 18.4 Å². The Balaban J connectivity index is 2.01. The van der Waals surface area contributed by atoms with Crippen LogP contribution in [0.25, 0.3) is 11.1 Å². The molecule has 0 saturated carbocycles. The van der Waals surface area contributed by atoms with Crippen molar-refractivity contribution < 1.29 is 4.57 Å². The maximum atomic E-state index is 2.68. The van der Waals surface area contributed by atoms with Crippen LogP contribution in [0.4, 0.5) is 0 Å². The maximum Gasteiger partial charge on any atom is 0.209 e. The molecule has 0 N–H and O–H groups in total. The lowest BCUT2D eigenvalue weighted by molar-refractivity contribution is -0.782. The summed E-state index contributed by atoms with van der Waals surface area (Å²) in [7, 11) is 0. The molecule has 2 heterocycles. The van der Waals surface area contributed by atoms with Gasteiger partial charge in [0.1, 0.15) is 0 Å². The molecular weight excluding hydrogens is 338 g/mol. The van der Waals surface area contributed by atoms with E-state index in [4.69, 9.17) is 0 Å². The minimum absolute atomic E-state index is 0.136. The molecular formula is C27H36N+. The van der Waals surface area contributed by atoms with Crippen molar-refractivity contribution in [2.75, 3.05) is 0 Å². The number of pyridine rings is 1. The summed E-state index contributed by atoms with van der Waals surface area (Å²) in [5.74, 6) is 0. The summed E-state index contributed by atoms with van der Waals surface area (Å²) < 4.78 is 2.68. The molecule has 1 aromatic heterocycles. The van der Waals surface area contributed by atoms with Gasteiger partial charge >= 0.3 is 0 Å². The second-order valence-corrected chi connectivity index (χ2v) is 9.01. The summed E-state index contributed by atoms with van der Waals surface area (Å²) in [4.78, 5) is 0. The molecule has 2 aliphatic rings. The molecule has 0 fully saturated rings. The Hall–Kier alpha value is -1.89. The number of benzene rings is 1. The first-order valence-electron chi connectivity index (χ1n) is 11.4. The normalized spacial score (nSPS) is 22.0. The highest BCUT2D eigenvalue weighted by atomic mass is 15.1. The molecule has 0 radical (unpaired) electrons. The molecule has 1 aliphatic heterocycles. The Morgan fingerprint density at radius 2 is 1.71 bits per heavy atom. The molecule has 28 heavy (non-hydrogen) atoms. The van der Waals surface area contributed by atoms with Gasteiger partial charge in [-0.15, -0.1) is 0 Å². The predicted molar refractivity (Wildman–Crippen MR) is 119 cm³/mol. The molecule has 1 aliphatic carbocycles. The topological polar surface area (TPSA) is 3.88 Å². The van der Waals surface area contributed by atoms with Crippen LogP contribution in [0.1, 0.15) is 89.1 Å². The summed E-state index contributed by atoms with van der Waals surface area (Å²) in [5, 5.41) is 0. The first-order chi connectivity index (χ1) is 13.6. The number of aryl methyl sites for hydroxylation is 1. The zero-order valence-corrected chi connectivity index (χ0v) is 18.4. The van der Waals surface area contributed by atoms with E-state index >= 15 is 0 Å². The average Bonchev–Trinajstić information content (AvgIpc) is 3.13. The van der Waals surface area contributed by atoms with Crippen LogP contribution >= 0.6 is 0 Å². The van der Waals surface area contributed by atoms with Crippen LogP contribution in [0.15, 0.2) is 42.6 Å². The molecule has 1 nitrogen and oxygen atoms in total. The van der Waals surface area contributed by atoms with Crippen LogP contribution in [0.5, 0.6) is 0 Å². The van der Waals surface area contributed by atoms with Crippen LogP contribution < -0.4 is 4.57 Å². The molecule has 148 valence electrons. The van der Waals surface area contributed by atoms with Crippen molar-refractivity contribution in [3.8, 4) is 0 Å². The van der Waals surface area contributed by atoms with Gasteiger partial charge in [0, 0.05) is 37.0 Å². The fraction of sp³-hybridized carbons (Fsp3) is 0.519. The fourth-order valence-electron chi connectivity index (χ4n) is 6.27. The molecule has 1 unspecified atom stereocenters. The quantitative estimate of drug-likeness (QED) is 0.494. The minimum atomic E-state index is 0.136. The monoisotopic (exact) mass is 374 g/mol. The Kier molecular flexibility index (Phi) is 4.98. The third kappa shape index (κ3) is 2.48. The van der Waals surface area contributed by atoms with E-state index < -0.39 is 0 Å². The third-order valence-corrected chi connectivity index (χ3v) is 8.02. The van der Waals surface area contributed by atoms with Gasteiger partial charge in [-0.2, -0.15) is 4.57 Å². The second kappa shape index (κ2) is 7.17. The zero-order chi connectivity index (χ0) is 19.9. The van der Waals surface area contributed by atoms with E-state index in [0.717, 1.165) is 6.42 Å². The summed E-state index contributed by atoms with van der Waals surface area (Å²) in [6, 6.07) is 14.1. The largest absolute Gasteiger partial charge is 0.209 e. The SMILES string of the molecule is CCCCc1cc[n+]2c(c1)C1=C(c3ccccc3C1)C(C)(CC)C2(CC)CC. The summed E-state index contributed by atoms with van der Waals surface area (Å²) in [6.07, 6.45) is 10.7. The van der Waals surface area contributed by atoms with Gasteiger partial charge in [0.25, 0.3) is 0 Å². The predicted octanol–water partition coefficient (Wildman–Crippen LogP) is 6.73. The Labute approximate surface area is 171 Å². The summed E-state index contributed by atoms with van der Waals surface area (Å²) in [6.45, 7) is 12.0. The van der Waals surface area contributed by atoms with E-state index in [1.54, 1.807) is 11.1 Å². The smallest absolute Gasteiger partial charge is 0.192 e. The van der Waals surface area contributed by atoms with Gasteiger partial charge in [-0.05, 0) is 48.4 Å². The number of unbranched alkanes of at least 4 members (excludes halogenated alkanes) is 1. The Bertz CT molecular complexity index is 916. The van der Waals surface area contributed by atoms with Gasteiger partial charge in [0.15, 0.2) is 11.7 Å². The van der Waals surface area contributed by atoms with Crippen molar-refractivity contribution in [2.24, 2.45) is 5.41 Å². The molecule has 4 rings (SSSR count). The number of rotatable bonds is 6.